The number of amides is 1. The summed E-state index contributed by atoms with van der Waals surface area (Å²) in [6, 6.07) is 1.89. The molecule has 0 aromatic carbocycles. The van der Waals surface area contributed by atoms with Crippen LogP contribution in [0.2, 0.25) is 0 Å². The number of hydrogen-bond acceptors (Lipinski definition) is 5. The first kappa shape index (κ1) is 16.6. The van der Waals surface area contributed by atoms with E-state index in [1.54, 1.807) is 6.20 Å². The highest BCUT2D eigenvalue weighted by Crippen LogP contribution is 2.21. The van der Waals surface area contributed by atoms with E-state index in [2.05, 4.69) is 20.3 Å². The first-order valence-corrected chi connectivity index (χ1v) is 8.42. The Labute approximate surface area is 141 Å². The zero-order chi connectivity index (χ0) is 16.9. The lowest BCUT2D eigenvalue weighted by atomic mass is 10.2. The lowest BCUT2D eigenvalue weighted by molar-refractivity contribution is -0.139. The lowest BCUT2D eigenvalue weighted by Gasteiger charge is -2.32. The predicted octanol–water partition coefficient (Wildman–Crippen LogP) is 1.50. The first-order chi connectivity index (χ1) is 11.6. The Bertz CT molecular complexity index is 651. The number of morpholine rings is 1. The molecule has 24 heavy (non-hydrogen) atoms. The number of rotatable bonds is 6. The molecule has 3 rings (SSSR count). The van der Waals surface area contributed by atoms with E-state index in [0.717, 1.165) is 18.8 Å². The molecule has 0 aliphatic carbocycles. The van der Waals surface area contributed by atoms with E-state index >= 15 is 0 Å². The van der Waals surface area contributed by atoms with Gasteiger partial charge in [-0.05, 0) is 12.5 Å². The van der Waals surface area contributed by atoms with Crippen LogP contribution in [0, 0.1) is 0 Å². The van der Waals surface area contributed by atoms with Crippen molar-refractivity contribution in [2.24, 2.45) is 0 Å². The smallest absolute Gasteiger partial charge is 0.222 e. The highest BCUT2D eigenvalue weighted by molar-refractivity contribution is 5.76. The monoisotopic (exact) mass is 332 g/mol. The van der Waals surface area contributed by atoms with Crippen molar-refractivity contribution < 1.29 is 9.53 Å². The molecular formula is C16H24N6O2. The number of aromatic nitrogens is 5. The average Bonchev–Trinajstić information content (AvgIpc) is 3.26. The standard InChI is InChI=1S/C16H24N6O2/c1-12(2)15-18-16(20-19-15)13-11-21(9-10-24-13)14(23)5-3-7-22-8-4-6-17-22/h4,6,8,12-13H,3,5,7,9-11H2,1-2H3,(H,18,19,20)/t13-/m0/s1. The third-order valence-corrected chi connectivity index (χ3v) is 4.10. The molecule has 0 radical (unpaired) electrons. The van der Waals surface area contributed by atoms with Crippen LogP contribution in [0.25, 0.3) is 0 Å². The van der Waals surface area contributed by atoms with E-state index in [4.69, 9.17) is 4.74 Å². The van der Waals surface area contributed by atoms with Gasteiger partial charge in [0.05, 0.1) is 13.2 Å². The van der Waals surface area contributed by atoms with Crippen molar-refractivity contribution in [3.8, 4) is 0 Å². The van der Waals surface area contributed by atoms with Crippen LogP contribution in [0.3, 0.4) is 0 Å². The number of ether oxygens (including phenoxy) is 1. The quantitative estimate of drug-likeness (QED) is 0.866. The molecule has 1 atom stereocenters. The van der Waals surface area contributed by atoms with Gasteiger partial charge in [-0.3, -0.25) is 14.6 Å². The van der Waals surface area contributed by atoms with Crippen LogP contribution in [0.5, 0.6) is 0 Å². The van der Waals surface area contributed by atoms with Gasteiger partial charge in [0, 0.05) is 37.8 Å². The zero-order valence-electron chi connectivity index (χ0n) is 14.2. The minimum absolute atomic E-state index is 0.152. The van der Waals surface area contributed by atoms with Gasteiger partial charge < -0.3 is 9.64 Å². The van der Waals surface area contributed by atoms with E-state index in [-0.39, 0.29) is 17.9 Å². The van der Waals surface area contributed by atoms with E-state index < -0.39 is 0 Å². The maximum absolute atomic E-state index is 12.4. The topological polar surface area (TPSA) is 88.9 Å². The molecule has 0 spiro atoms. The van der Waals surface area contributed by atoms with E-state index in [1.807, 2.05) is 35.7 Å². The van der Waals surface area contributed by atoms with Crippen molar-refractivity contribution in [2.75, 3.05) is 19.7 Å². The molecule has 2 aromatic rings. The number of aryl methyl sites for hydroxylation is 1. The van der Waals surface area contributed by atoms with Crippen LogP contribution >= 0.6 is 0 Å². The fourth-order valence-electron chi connectivity index (χ4n) is 2.71. The predicted molar refractivity (Wildman–Crippen MR) is 87.2 cm³/mol. The molecule has 0 saturated carbocycles. The van der Waals surface area contributed by atoms with Gasteiger partial charge in [0.25, 0.3) is 0 Å². The molecule has 1 fully saturated rings. The number of hydrogen-bond donors (Lipinski definition) is 1. The van der Waals surface area contributed by atoms with Crippen LogP contribution in [0.4, 0.5) is 0 Å². The van der Waals surface area contributed by atoms with E-state index in [9.17, 15) is 4.79 Å². The summed E-state index contributed by atoms with van der Waals surface area (Å²) in [6.45, 7) is 6.52. The normalized spacial score (nSPS) is 18.3. The number of nitrogens with one attached hydrogen (secondary N) is 1. The largest absolute Gasteiger partial charge is 0.367 e. The summed E-state index contributed by atoms with van der Waals surface area (Å²) in [4.78, 5) is 18.7. The molecule has 8 nitrogen and oxygen atoms in total. The molecule has 3 heterocycles. The average molecular weight is 332 g/mol. The number of aromatic amines is 1. The Morgan fingerprint density at radius 2 is 2.38 bits per heavy atom. The van der Waals surface area contributed by atoms with Gasteiger partial charge in [0.2, 0.25) is 5.91 Å². The Morgan fingerprint density at radius 3 is 3.08 bits per heavy atom. The van der Waals surface area contributed by atoms with Gasteiger partial charge >= 0.3 is 0 Å². The second-order valence-electron chi connectivity index (χ2n) is 6.31. The second-order valence-corrected chi connectivity index (χ2v) is 6.31. The first-order valence-electron chi connectivity index (χ1n) is 8.42. The SMILES string of the molecule is CC(C)c1n[nH]c([C@@H]2CN(C(=O)CCCn3cccn3)CCO2)n1. The minimum atomic E-state index is -0.228. The second kappa shape index (κ2) is 7.57. The number of carbonyl (C=O) groups is 1. The van der Waals surface area contributed by atoms with Crippen LogP contribution < -0.4 is 0 Å². The molecule has 2 aromatic heterocycles. The molecule has 1 N–H and O–H groups in total. The van der Waals surface area contributed by atoms with Gasteiger partial charge in [0.1, 0.15) is 6.10 Å². The van der Waals surface area contributed by atoms with Crippen molar-refractivity contribution in [3.63, 3.8) is 0 Å². The van der Waals surface area contributed by atoms with E-state index in [1.165, 1.54) is 0 Å². The third-order valence-electron chi connectivity index (χ3n) is 4.10. The Kier molecular flexibility index (Phi) is 5.24. The maximum Gasteiger partial charge on any atom is 0.222 e. The summed E-state index contributed by atoms with van der Waals surface area (Å²) in [7, 11) is 0. The molecule has 1 aliphatic rings. The zero-order valence-corrected chi connectivity index (χ0v) is 14.2. The van der Waals surface area contributed by atoms with Crippen LogP contribution in [0.1, 0.15) is 50.4 Å². The maximum atomic E-state index is 12.4. The Balaban J connectivity index is 1.51. The molecule has 0 bridgehead atoms. The highest BCUT2D eigenvalue weighted by atomic mass is 16.5. The Morgan fingerprint density at radius 1 is 1.50 bits per heavy atom. The molecular weight excluding hydrogens is 308 g/mol. The summed E-state index contributed by atoms with van der Waals surface area (Å²) in [5, 5.41) is 11.3. The van der Waals surface area contributed by atoms with Gasteiger partial charge in [0.15, 0.2) is 11.6 Å². The van der Waals surface area contributed by atoms with Crippen LogP contribution in [0.15, 0.2) is 18.5 Å². The summed E-state index contributed by atoms with van der Waals surface area (Å²) < 4.78 is 7.60. The van der Waals surface area contributed by atoms with Crippen molar-refractivity contribution >= 4 is 5.91 Å². The van der Waals surface area contributed by atoms with Crippen molar-refractivity contribution in [1.29, 1.82) is 0 Å². The van der Waals surface area contributed by atoms with Crippen LogP contribution in [-0.4, -0.2) is 55.5 Å². The number of carbonyl (C=O) groups excluding carboxylic acids is 1. The Hall–Kier alpha value is -2.22. The van der Waals surface area contributed by atoms with Crippen molar-refractivity contribution in [2.45, 2.75) is 45.3 Å². The molecule has 130 valence electrons. The summed E-state index contributed by atoms with van der Waals surface area (Å²) >= 11 is 0. The van der Waals surface area contributed by atoms with Gasteiger partial charge in [-0.15, -0.1) is 0 Å². The van der Waals surface area contributed by atoms with Crippen LogP contribution in [-0.2, 0) is 16.1 Å². The third kappa shape index (κ3) is 4.00. The molecule has 1 aliphatic heterocycles. The fourth-order valence-corrected chi connectivity index (χ4v) is 2.71. The fraction of sp³-hybridized carbons (Fsp3) is 0.625. The van der Waals surface area contributed by atoms with Crippen molar-refractivity contribution in [1.82, 2.24) is 29.9 Å². The molecule has 1 saturated heterocycles. The van der Waals surface area contributed by atoms with Gasteiger partial charge in [-0.25, -0.2) is 4.98 Å². The van der Waals surface area contributed by atoms with Gasteiger partial charge in [-0.2, -0.15) is 10.2 Å². The van der Waals surface area contributed by atoms with Gasteiger partial charge in [-0.1, -0.05) is 13.8 Å². The highest BCUT2D eigenvalue weighted by Gasteiger charge is 2.27. The summed E-state index contributed by atoms with van der Waals surface area (Å²) in [5.41, 5.74) is 0. The molecule has 8 heteroatoms. The number of H-pyrrole nitrogens is 1. The molecule has 0 unspecified atom stereocenters. The van der Waals surface area contributed by atoms with E-state index in [0.29, 0.717) is 31.9 Å². The van der Waals surface area contributed by atoms with Crippen molar-refractivity contribution in [3.05, 3.63) is 30.1 Å². The number of nitrogens with zero attached hydrogens (tertiary/aromatic N) is 5. The minimum Gasteiger partial charge on any atom is -0.367 e. The lowest BCUT2D eigenvalue weighted by Crippen LogP contribution is -2.42. The summed E-state index contributed by atoms with van der Waals surface area (Å²) in [6.07, 6.45) is 4.72. The summed E-state index contributed by atoms with van der Waals surface area (Å²) in [5.74, 6) is 1.89. The molecule has 1 amide bonds.